The number of imide groups is 1. The molecule has 2 amide bonds. The van der Waals surface area contributed by atoms with Gasteiger partial charge in [-0.25, -0.2) is 18.9 Å². The third kappa shape index (κ3) is 4.44. The minimum Gasteiger partial charge on any atom is -0.465 e. The molecule has 0 aliphatic carbocycles. The molecule has 0 aliphatic heterocycles. The first-order valence-electron chi connectivity index (χ1n) is 6.16. The van der Waals surface area contributed by atoms with Gasteiger partial charge < -0.3 is 15.6 Å². The topological polar surface area (TPSA) is 117 Å². The molecule has 0 heterocycles. The summed E-state index contributed by atoms with van der Waals surface area (Å²) in [7, 11) is 0. The van der Waals surface area contributed by atoms with Crippen LogP contribution in [0, 0.1) is 11.2 Å². The Morgan fingerprint density at radius 2 is 2.14 bits per heavy atom. The molecule has 8 heteroatoms. The Balaban J connectivity index is 2.77. The summed E-state index contributed by atoms with van der Waals surface area (Å²) in [5.41, 5.74) is 5.65. The van der Waals surface area contributed by atoms with Crippen LogP contribution < -0.4 is 5.73 Å². The van der Waals surface area contributed by atoms with E-state index in [2.05, 4.69) is 4.74 Å². The third-order valence-electron chi connectivity index (χ3n) is 2.67. The second kappa shape index (κ2) is 7.22. The lowest BCUT2D eigenvalue weighted by atomic mass is 10.1. The number of carbonyl (C=O) groups excluding carboxylic acids is 1. The number of benzene rings is 1. The molecular formula is C13H16FN3O4. The highest BCUT2D eigenvalue weighted by Crippen LogP contribution is 2.11. The minimum atomic E-state index is -1.44. The van der Waals surface area contributed by atoms with E-state index in [0.29, 0.717) is 10.5 Å². The number of nitrogens with two attached hydrogens (primary N) is 1. The van der Waals surface area contributed by atoms with Crippen molar-refractivity contribution in [2.45, 2.75) is 13.3 Å². The zero-order valence-corrected chi connectivity index (χ0v) is 11.4. The Bertz CT molecular complexity index is 562. The zero-order valence-electron chi connectivity index (χ0n) is 11.4. The van der Waals surface area contributed by atoms with Crippen LogP contribution in [0.1, 0.15) is 18.1 Å². The van der Waals surface area contributed by atoms with Crippen molar-refractivity contribution >= 4 is 18.0 Å². The van der Waals surface area contributed by atoms with Crippen LogP contribution in [-0.2, 0) is 11.2 Å². The molecule has 114 valence electrons. The number of nitrogen functional groups attached to an aromatic ring is 1. The fourth-order valence-corrected chi connectivity index (χ4v) is 1.64. The maximum absolute atomic E-state index is 13.6. The lowest BCUT2D eigenvalue weighted by molar-refractivity contribution is 0.0983. The van der Waals surface area contributed by atoms with Crippen molar-refractivity contribution in [2.24, 2.45) is 5.73 Å². The number of amides is 2. The molecule has 1 aromatic rings. The number of hydrogen-bond donors (Lipinski definition) is 3. The molecule has 0 spiro atoms. The van der Waals surface area contributed by atoms with Crippen LogP contribution in [0.25, 0.3) is 0 Å². The first-order chi connectivity index (χ1) is 9.86. The number of ether oxygens (including phenoxy) is 1. The number of carbonyl (C=O) groups is 2. The van der Waals surface area contributed by atoms with Crippen molar-refractivity contribution < 1.29 is 23.8 Å². The van der Waals surface area contributed by atoms with E-state index >= 15 is 0 Å². The van der Waals surface area contributed by atoms with Crippen molar-refractivity contribution in [1.29, 1.82) is 5.41 Å². The van der Waals surface area contributed by atoms with Crippen molar-refractivity contribution in [3.63, 3.8) is 0 Å². The SMILES string of the molecule is CCOC(=O)N(CCc1ccc(C(=N)N)c(F)c1)C(=O)O. The van der Waals surface area contributed by atoms with Gasteiger partial charge in [0.1, 0.15) is 11.7 Å². The Morgan fingerprint density at radius 1 is 1.48 bits per heavy atom. The number of halogens is 1. The molecule has 0 saturated carbocycles. The monoisotopic (exact) mass is 297 g/mol. The summed E-state index contributed by atoms with van der Waals surface area (Å²) in [6, 6.07) is 4.01. The van der Waals surface area contributed by atoms with Gasteiger partial charge in [-0.05, 0) is 31.0 Å². The summed E-state index contributed by atoms with van der Waals surface area (Å²) in [6.45, 7) is 1.46. The van der Waals surface area contributed by atoms with E-state index < -0.39 is 23.8 Å². The highest BCUT2D eigenvalue weighted by molar-refractivity contribution is 5.95. The van der Waals surface area contributed by atoms with E-state index in [1.165, 1.54) is 12.1 Å². The van der Waals surface area contributed by atoms with E-state index in [0.717, 1.165) is 6.07 Å². The molecule has 1 aromatic carbocycles. The van der Waals surface area contributed by atoms with Gasteiger partial charge in [0.05, 0.1) is 12.2 Å². The predicted octanol–water partition coefficient (Wildman–Crippen LogP) is 1.79. The molecule has 21 heavy (non-hydrogen) atoms. The van der Waals surface area contributed by atoms with E-state index in [9.17, 15) is 14.0 Å². The number of rotatable bonds is 5. The Hall–Kier alpha value is -2.64. The molecule has 4 N–H and O–H groups in total. The van der Waals surface area contributed by atoms with Gasteiger partial charge in [-0.3, -0.25) is 5.41 Å². The first-order valence-corrected chi connectivity index (χ1v) is 6.16. The molecule has 0 radical (unpaired) electrons. The van der Waals surface area contributed by atoms with E-state index in [1.807, 2.05) is 0 Å². The standard InChI is InChI=1S/C13H16FN3O4/c1-2-21-13(20)17(12(18)19)6-5-8-3-4-9(11(15)16)10(14)7-8/h3-4,7H,2,5-6H2,1H3,(H3,15,16)(H,18,19). The van der Waals surface area contributed by atoms with Gasteiger partial charge in [0, 0.05) is 6.54 Å². The number of nitrogens with one attached hydrogen (secondary N) is 1. The quantitative estimate of drug-likeness (QED) is 0.566. The predicted molar refractivity (Wildman–Crippen MR) is 72.9 cm³/mol. The lowest BCUT2D eigenvalue weighted by Crippen LogP contribution is -2.37. The first kappa shape index (κ1) is 16.4. The molecule has 0 fully saturated rings. The van der Waals surface area contributed by atoms with Gasteiger partial charge in [-0.1, -0.05) is 6.07 Å². The highest BCUT2D eigenvalue weighted by Gasteiger charge is 2.21. The second-order valence-electron chi connectivity index (χ2n) is 4.11. The van der Waals surface area contributed by atoms with Crippen molar-refractivity contribution in [3.8, 4) is 0 Å². The fourth-order valence-electron chi connectivity index (χ4n) is 1.64. The van der Waals surface area contributed by atoms with E-state index in [1.54, 1.807) is 6.92 Å². The van der Waals surface area contributed by atoms with Gasteiger partial charge >= 0.3 is 12.2 Å². The molecule has 0 bridgehead atoms. The Morgan fingerprint density at radius 3 is 2.62 bits per heavy atom. The lowest BCUT2D eigenvalue weighted by Gasteiger charge is -2.16. The number of carboxylic acid groups (broad SMARTS) is 1. The number of nitrogens with zero attached hydrogens (tertiary/aromatic N) is 1. The van der Waals surface area contributed by atoms with Crippen LogP contribution in [0.5, 0.6) is 0 Å². The molecule has 7 nitrogen and oxygen atoms in total. The van der Waals surface area contributed by atoms with Crippen LogP contribution in [0.4, 0.5) is 14.0 Å². The van der Waals surface area contributed by atoms with Gasteiger partial charge in [-0.2, -0.15) is 0 Å². The maximum atomic E-state index is 13.6. The van der Waals surface area contributed by atoms with Gasteiger partial charge in [-0.15, -0.1) is 0 Å². The normalized spacial score (nSPS) is 10.0. The van der Waals surface area contributed by atoms with Crippen LogP contribution >= 0.6 is 0 Å². The summed E-state index contributed by atoms with van der Waals surface area (Å²) in [4.78, 5) is 22.9. The molecule has 0 unspecified atom stereocenters. The average Bonchev–Trinajstić information content (AvgIpc) is 2.38. The van der Waals surface area contributed by atoms with Crippen molar-refractivity contribution in [3.05, 3.63) is 35.1 Å². The minimum absolute atomic E-state index is 0.0285. The van der Waals surface area contributed by atoms with Crippen LogP contribution in [0.15, 0.2) is 18.2 Å². The zero-order chi connectivity index (χ0) is 16.0. The third-order valence-corrected chi connectivity index (χ3v) is 2.67. The van der Waals surface area contributed by atoms with Crippen LogP contribution in [0.3, 0.4) is 0 Å². The summed E-state index contributed by atoms with van der Waals surface area (Å²) in [5, 5.41) is 16.1. The summed E-state index contributed by atoms with van der Waals surface area (Å²) >= 11 is 0. The number of hydrogen-bond acceptors (Lipinski definition) is 4. The van der Waals surface area contributed by atoms with Gasteiger partial charge in [0.15, 0.2) is 0 Å². The smallest absolute Gasteiger partial charge is 0.419 e. The largest absolute Gasteiger partial charge is 0.465 e. The maximum Gasteiger partial charge on any atom is 0.419 e. The Labute approximate surface area is 120 Å². The molecule has 0 aromatic heterocycles. The van der Waals surface area contributed by atoms with Crippen LogP contribution in [-0.4, -0.2) is 41.2 Å². The second-order valence-corrected chi connectivity index (χ2v) is 4.11. The van der Waals surface area contributed by atoms with E-state index in [-0.39, 0.29) is 25.1 Å². The molecular weight excluding hydrogens is 281 g/mol. The summed E-state index contributed by atoms with van der Waals surface area (Å²) < 4.78 is 18.2. The number of amidine groups is 1. The molecule has 1 rings (SSSR count). The van der Waals surface area contributed by atoms with E-state index in [4.69, 9.17) is 16.2 Å². The molecule has 0 atom stereocenters. The highest BCUT2D eigenvalue weighted by atomic mass is 19.1. The van der Waals surface area contributed by atoms with Gasteiger partial charge in [0.2, 0.25) is 0 Å². The van der Waals surface area contributed by atoms with Gasteiger partial charge in [0.25, 0.3) is 0 Å². The van der Waals surface area contributed by atoms with Crippen molar-refractivity contribution in [1.82, 2.24) is 4.90 Å². The fraction of sp³-hybridized carbons (Fsp3) is 0.308. The molecule has 0 saturated heterocycles. The van der Waals surface area contributed by atoms with Crippen molar-refractivity contribution in [2.75, 3.05) is 13.2 Å². The summed E-state index contributed by atoms with van der Waals surface area (Å²) in [6.07, 6.45) is -2.28. The molecule has 0 aliphatic rings. The summed E-state index contributed by atoms with van der Waals surface area (Å²) in [5.74, 6) is -1.06. The Kier molecular flexibility index (Phi) is 5.65. The van der Waals surface area contributed by atoms with Crippen LogP contribution in [0.2, 0.25) is 0 Å². The average molecular weight is 297 g/mol.